The Morgan fingerprint density at radius 1 is 1.03 bits per heavy atom. The first-order valence-corrected chi connectivity index (χ1v) is 12.2. The third-order valence-corrected chi connectivity index (χ3v) is 7.02. The highest BCUT2D eigenvalue weighted by Gasteiger charge is 2.22. The molecule has 3 aliphatic rings. The van der Waals surface area contributed by atoms with Crippen LogP contribution in [0.25, 0.3) is 0 Å². The quantitative estimate of drug-likeness (QED) is 0.712. The van der Waals surface area contributed by atoms with Crippen molar-refractivity contribution in [2.24, 2.45) is 0 Å². The van der Waals surface area contributed by atoms with E-state index in [0.717, 1.165) is 51.0 Å². The van der Waals surface area contributed by atoms with Gasteiger partial charge in [0.1, 0.15) is 12.4 Å². The Labute approximate surface area is 191 Å². The molecule has 0 saturated carbocycles. The molecule has 0 radical (unpaired) electrons. The smallest absolute Gasteiger partial charge is 0.251 e. The molecule has 2 atom stereocenters. The zero-order valence-electron chi connectivity index (χ0n) is 18.9. The van der Waals surface area contributed by atoms with Gasteiger partial charge in [-0.15, -0.1) is 0 Å². The first-order valence-electron chi connectivity index (χ1n) is 12.2. The molecular formula is C27H34N2O3. The second kappa shape index (κ2) is 10.1. The van der Waals surface area contributed by atoms with E-state index in [4.69, 9.17) is 9.47 Å². The van der Waals surface area contributed by atoms with Gasteiger partial charge in [0.25, 0.3) is 5.91 Å². The molecule has 1 amide bonds. The van der Waals surface area contributed by atoms with Gasteiger partial charge in [-0.1, -0.05) is 18.2 Å². The summed E-state index contributed by atoms with van der Waals surface area (Å²) in [5.41, 5.74) is 4.95. The van der Waals surface area contributed by atoms with Gasteiger partial charge in [-0.3, -0.25) is 9.69 Å². The molecule has 2 fully saturated rings. The average Bonchev–Trinajstić information content (AvgIpc) is 3.52. The summed E-state index contributed by atoms with van der Waals surface area (Å²) in [6, 6.07) is 14.6. The standard InChI is InChI=1S/C27H34N2O3/c30-27(21-8-11-25(12-9-21)32-19-26-4-3-15-31-26)28-24-10-7-22-16-20(5-6-23(22)17-24)18-29-13-1-2-14-29/h5-6,8-9,11-12,16,24,26H,1-4,7,10,13-15,17-19H2,(H,28,30)/t24-,26+/m1/s1. The van der Waals surface area contributed by atoms with Gasteiger partial charge in [-0.25, -0.2) is 0 Å². The molecular weight excluding hydrogens is 400 g/mol. The van der Waals surface area contributed by atoms with E-state index in [1.165, 1.54) is 42.6 Å². The number of amides is 1. The lowest BCUT2D eigenvalue weighted by Gasteiger charge is -2.26. The van der Waals surface area contributed by atoms with Crippen molar-refractivity contribution in [3.05, 3.63) is 64.7 Å². The number of carbonyl (C=O) groups excluding carboxylic acids is 1. The Morgan fingerprint density at radius 2 is 1.88 bits per heavy atom. The van der Waals surface area contributed by atoms with Crippen molar-refractivity contribution in [2.75, 3.05) is 26.3 Å². The fourth-order valence-corrected chi connectivity index (χ4v) is 5.17. The van der Waals surface area contributed by atoms with Gasteiger partial charge >= 0.3 is 0 Å². The highest BCUT2D eigenvalue weighted by molar-refractivity contribution is 5.94. The lowest BCUT2D eigenvalue weighted by Crippen LogP contribution is -2.38. The van der Waals surface area contributed by atoms with E-state index in [2.05, 4.69) is 28.4 Å². The second-order valence-corrected chi connectivity index (χ2v) is 9.47. The summed E-state index contributed by atoms with van der Waals surface area (Å²) in [6.07, 6.45) is 7.97. The minimum atomic E-state index is -0.00483. The van der Waals surface area contributed by atoms with Crippen LogP contribution in [0.4, 0.5) is 0 Å². The number of hydrogen-bond acceptors (Lipinski definition) is 4. The molecule has 5 rings (SSSR count). The van der Waals surface area contributed by atoms with E-state index in [9.17, 15) is 4.79 Å². The molecule has 2 aliphatic heterocycles. The topological polar surface area (TPSA) is 50.8 Å². The molecule has 1 aliphatic carbocycles. The van der Waals surface area contributed by atoms with Crippen molar-refractivity contribution in [3.8, 4) is 5.75 Å². The van der Waals surface area contributed by atoms with Crippen molar-refractivity contribution in [1.82, 2.24) is 10.2 Å². The van der Waals surface area contributed by atoms with Gasteiger partial charge in [0.15, 0.2) is 0 Å². The Bertz CT molecular complexity index is 915. The molecule has 0 unspecified atom stereocenters. The van der Waals surface area contributed by atoms with E-state index in [0.29, 0.717) is 12.2 Å². The first-order chi connectivity index (χ1) is 15.7. The van der Waals surface area contributed by atoms with Gasteiger partial charge in [0.05, 0.1) is 6.10 Å². The third kappa shape index (κ3) is 5.33. The van der Waals surface area contributed by atoms with E-state index in [1.54, 1.807) is 0 Å². The monoisotopic (exact) mass is 434 g/mol. The number of fused-ring (bicyclic) bond motifs is 1. The fraction of sp³-hybridized carbons (Fsp3) is 0.519. The van der Waals surface area contributed by atoms with Crippen LogP contribution in [0.15, 0.2) is 42.5 Å². The molecule has 2 saturated heterocycles. The zero-order chi connectivity index (χ0) is 21.8. The third-order valence-electron chi connectivity index (χ3n) is 7.02. The largest absolute Gasteiger partial charge is 0.491 e. The molecule has 2 heterocycles. The van der Waals surface area contributed by atoms with Crippen LogP contribution in [-0.4, -0.2) is 49.3 Å². The van der Waals surface area contributed by atoms with Gasteiger partial charge in [-0.05, 0) is 99.0 Å². The van der Waals surface area contributed by atoms with E-state index < -0.39 is 0 Å². The number of carbonyl (C=O) groups is 1. The fourth-order valence-electron chi connectivity index (χ4n) is 5.17. The number of rotatable bonds is 7. The Morgan fingerprint density at radius 3 is 2.66 bits per heavy atom. The number of ether oxygens (including phenoxy) is 2. The summed E-state index contributed by atoms with van der Waals surface area (Å²) in [5, 5.41) is 3.24. The van der Waals surface area contributed by atoms with Crippen molar-refractivity contribution in [1.29, 1.82) is 0 Å². The maximum absolute atomic E-state index is 12.8. The summed E-state index contributed by atoms with van der Waals surface area (Å²) in [4.78, 5) is 15.3. The molecule has 5 heteroatoms. The van der Waals surface area contributed by atoms with Gasteiger partial charge in [0.2, 0.25) is 0 Å². The normalized spacial score (nSPS) is 23.1. The van der Waals surface area contributed by atoms with Crippen LogP contribution in [0, 0.1) is 0 Å². The van der Waals surface area contributed by atoms with Crippen LogP contribution in [0.2, 0.25) is 0 Å². The summed E-state index contributed by atoms with van der Waals surface area (Å²) in [5.74, 6) is 0.781. The Balaban J connectivity index is 1.12. The molecule has 32 heavy (non-hydrogen) atoms. The summed E-state index contributed by atoms with van der Waals surface area (Å²) in [7, 11) is 0. The predicted octanol–water partition coefficient (Wildman–Crippen LogP) is 4.13. The summed E-state index contributed by atoms with van der Waals surface area (Å²) < 4.78 is 11.4. The maximum atomic E-state index is 12.8. The Hall–Kier alpha value is -2.37. The predicted molar refractivity (Wildman–Crippen MR) is 125 cm³/mol. The highest BCUT2D eigenvalue weighted by Crippen LogP contribution is 2.25. The van der Waals surface area contributed by atoms with Crippen molar-refractivity contribution in [3.63, 3.8) is 0 Å². The van der Waals surface area contributed by atoms with Crippen LogP contribution in [0.1, 0.15) is 59.2 Å². The number of nitrogens with zero attached hydrogens (tertiary/aromatic N) is 1. The maximum Gasteiger partial charge on any atom is 0.251 e. The molecule has 0 spiro atoms. The molecule has 1 N–H and O–H groups in total. The minimum absolute atomic E-state index is 0.00483. The van der Waals surface area contributed by atoms with Crippen LogP contribution in [0.5, 0.6) is 5.75 Å². The molecule has 2 aromatic carbocycles. The number of aryl methyl sites for hydroxylation is 1. The summed E-state index contributed by atoms with van der Waals surface area (Å²) >= 11 is 0. The SMILES string of the molecule is O=C(N[C@@H]1CCc2cc(CN3CCCC3)ccc2C1)c1ccc(OC[C@@H]2CCCO2)cc1. The van der Waals surface area contributed by atoms with Gasteiger partial charge in [-0.2, -0.15) is 0 Å². The van der Waals surface area contributed by atoms with Gasteiger partial charge < -0.3 is 14.8 Å². The van der Waals surface area contributed by atoms with Crippen LogP contribution in [-0.2, 0) is 24.1 Å². The summed E-state index contributed by atoms with van der Waals surface area (Å²) in [6.45, 7) is 4.94. The number of hydrogen-bond donors (Lipinski definition) is 1. The molecule has 0 aromatic heterocycles. The highest BCUT2D eigenvalue weighted by atomic mass is 16.5. The van der Waals surface area contributed by atoms with Crippen molar-refractivity contribution < 1.29 is 14.3 Å². The second-order valence-electron chi connectivity index (χ2n) is 9.47. The van der Waals surface area contributed by atoms with Crippen molar-refractivity contribution in [2.45, 2.75) is 63.6 Å². The first kappa shape index (κ1) is 21.5. The van der Waals surface area contributed by atoms with E-state index >= 15 is 0 Å². The molecule has 5 nitrogen and oxygen atoms in total. The van der Waals surface area contributed by atoms with Crippen LogP contribution >= 0.6 is 0 Å². The molecule has 2 aromatic rings. The molecule has 170 valence electrons. The number of benzene rings is 2. The minimum Gasteiger partial charge on any atom is -0.491 e. The average molecular weight is 435 g/mol. The van der Waals surface area contributed by atoms with Crippen LogP contribution < -0.4 is 10.1 Å². The lowest BCUT2D eigenvalue weighted by atomic mass is 9.87. The van der Waals surface area contributed by atoms with Gasteiger partial charge in [0, 0.05) is 24.8 Å². The Kier molecular flexibility index (Phi) is 6.75. The lowest BCUT2D eigenvalue weighted by molar-refractivity contribution is 0.0679. The van der Waals surface area contributed by atoms with Crippen molar-refractivity contribution >= 4 is 5.91 Å². The van der Waals surface area contributed by atoms with Crippen LogP contribution in [0.3, 0.4) is 0 Å². The molecule has 0 bridgehead atoms. The van der Waals surface area contributed by atoms with E-state index in [1.807, 2.05) is 24.3 Å². The van der Waals surface area contributed by atoms with E-state index in [-0.39, 0.29) is 18.1 Å². The zero-order valence-corrected chi connectivity index (χ0v) is 18.9. The number of nitrogens with one attached hydrogen (secondary N) is 1. The number of likely N-dealkylation sites (tertiary alicyclic amines) is 1.